The Labute approximate surface area is 276 Å². The van der Waals surface area contributed by atoms with Crippen LogP contribution in [0.25, 0.3) is 0 Å². The molecule has 0 atom stereocenters. The highest BCUT2D eigenvalue weighted by atomic mass is 16.3. The summed E-state index contributed by atoms with van der Waals surface area (Å²) in [5.74, 6) is -0.571. The molecule has 3 nitrogen and oxygen atoms in total. The topological polar surface area (TPSA) is 60.7 Å². The maximum absolute atomic E-state index is 13.6. The van der Waals surface area contributed by atoms with Crippen molar-refractivity contribution in [1.82, 2.24) is 0 Å². The molecule has 3 aliphatic carbocycles. The SMILES string of the molecule is CCO.OC(C1=C(C(O)(c2ccccc2)c2ccccc2)C2c3ccccc3C1c1ccccc12)(c1ccccc1)c1ccccc1. The lowest BCUT2D eigenvalue weighted by Crippen LogP contribution is -2.46. The molecule has 0 amide bonds. The monoisotopic (exact) mass is 614 g/mol. The van der Waals surface area contributed by atoms with E-state index >= 15 is 0 Å². The molecule has 9 rings (SSSR count). The predicted molar refractivity (Wildman–Crippen MR) is 188 cm³/mol. The second-order valence-corrected chi connectivity index (χ2v) is 12.2. The smallest absolute Gasteiger partial charge is 0.137 e. The maximum Gasteiger partial charge on any atom is 0.137 e. The largest absolute Gasteiger partial charge is 0.397 e. The molecule has 0 saturated carbocycles. The average Bonchev–Trinajstić information content (AvgIpc) is 3.15. The van der Waals surface area contributed by atoms with Crippen molar-refractivity contribution in [2.75, 3.05) is 6.61 Å². The highest BCUT2D eigenvalue weighted by molar-refractivity contribution is 5.72. The second-order valence-electron chi connectivity index (χ2n) is 12.2. The normalized spacial score (nSPS) is 16.5. The molecule has 47 heavy (non-hydrogen) atoms. The van der Waals surface area contributed by atoms with Crippen molar-refractivity contribution in [2.24, 2.45) is 0 Å². The molecule has 3 heteroatoms. The fourth-order valence-electron chi connectivity index (χ4n) is 7.82. The summed E-state index contributed by atoms with van der Waals surface area (Å²) in [7, 11) is 0. The molecule has 0 unspecified atom stereocenters. The van der Waals surface area contributed by atoms with Crippen molar-refractivity contribution >= 4 is 0 Å². The van der Waals surface area contributed by atoms with Crippen LogP contribution in [-0.4, -0.2) is 21.9 Å². The fourth-order valence-corrected chi connectivity index (χ4v) is 7.82. The van der Waals surface area contributed by atoms with Crippen molar-refractivity contribution in [1.29, 1.82) is 0 Å². The van der Waals surface area contributed by atoms with Gasteiger partial charge in [-0.15, -0.1) is 0 Å². The fraction of sp³-hybridized carbons (Fsp3) is 0.136. The minimum absolute atomic E-state index is 0.250. The van der Waals surface area contributed by atoms with Crippen LogP contribution in [0.15, 0.2) is 181 Å². The Kier molecular flexibility index (Phi) is 8.21. The third kappa shape index (κ3) is 4.87. The van der Waals surface area contributed by atoms with E-state index in [1.807, 2.05) is 121 Å². The van der Waals surface area contributed by atoms with Crippen molar-refractivity contribution in [3.8, 4) is 0 Å². The van der Waals surface area contributed by atoms with Crippen molar-refractivity contribution in [2.45, 2.75) is 30.0 Å². The molecule has 232 valence electrons. The zero-order valence-electron chi connectivity index (χ0n) is 26.4. The molecule has 0 spiro atoms. The van der Waals surface area contributed by atoms with E-state index in [2.05, 4.69) is 48.5 Å². The van der Waals surface area contributed by atoms with Gasteiger partial charge in [-0.3, -0.25) is 0 Å². The molecular weight excluding hydrogens is 576 g/mol. The number of hydrogen-bond donors (Lipinski definition) is 3. The molecular formula is C44H38O3. The van der Waals surface area contributed by atoms with Gasteiger partial charge in [-0.05, 0) is 62.6 Å². The van der Waals surface area contributed by atoms with Crippen LogP contribution in [0.5, 0.6) is 0 Å². The summed E-state index contributed by atoms with van der Waals surface area (Å²) in [5, 5.41) is 34.8. The second kappa shape index (κ2) is 12.6. The molecule has 0 aromatic heterocycles. The number of benzene rings is 6. The third-order valence-electron chi connectivity index (χ3n) is 9.65. The summed E-state index contributed by atoms with van der Waals surface area (Å²) in [5.41, 5.74) is 6.29. The Morgan fingerprint density at radius 1 is 0.383 bits per heavy atom. The average molecular weight is 615 g/mol. The van der Waals surface area contributed by atoms with Crippen LogP contribution in [0.2, 0.25) is 0 Å². The van der Waals surface area contributed by atoms with Crippen LogP contribution >= 0.6 is 0 Å². The van der Waals surface area contributed by atoms with Crippen LogP contribution in [-0.2, 0) is 11.2 Å². The Hall–Kier alpha value is -5.06. The standard InChI is InChI=1S/C42H32O2.C2H6O/c43-41(29-17-5-1-6-18-29,30-19-7-2-8-20-30)39-37-33-25-13-15-27-35(33)38(36-28-16-14-26-34(36)37)40(39)42(44,31-21-9-3-10-22-31)32-23-11-4-12-24-32;1-2-3/h1-28,37-38,43-44H;3H,2H2,1H3. The lowest BCUT2D eigenvalue weighted by Gasteiger charge is -2.52. The minimum atomic E-state index is -1.54. The lowest BCUT2D eigenvalue weighted by atomic mass is 9.52. The molecule has 6 aromatic carbocycles. The predicted octanol–water partition coefficient (Wildman–Crippen LogP) is 8.44. The van der Waals surface area contributed by atoms with Crippen LogP contribution in [0.1, 0.15) is 63.3 Å². The summed E-state index contributed by atoms with van der Waals surface area (Å²) >= 11 is 0. The van der Waals surface area contributed by atoms with E-state index in [-0.39, 0.29) is 18.4 Å². The lowest BCUT2D eigenvalue weighted by molar-refractivity contribution is 0.0843. The Morgan fingerprint density at radius 3 is 0.787 bits per heavy atom. The van der Waals surface area contributed by atoms with Crippen molar-refractivity contribution in [3.05, 3.63) is 226 Å². The summed E-state index contributed by atoms with van der Waals surface area (Å²) in [6, 6.07) is 56.9. The van der Waals surface area contributed by atoms with E-state index in [0.29, 0.717) is 0 Å². The Bertz CT molecular complexity index is 1730. The van der Waals surface area contributed by atoms with Gasteiger partial charge in [0, 0.05) is 18.4 Å². The van der Waals surface area contributed by atoms with E-state index in [9.17, 15) is 10.2 Å². The van der Waals surface area contributed by atoms with E-state index in [1.165, 1.54) is 22.3 Å². The van der Waals surface area contributed by atoms with Gasteiger partial charge in [-0.25, -0.2) is 0 Å². The van der Waals surface area contributed by atoms with Gasteiger partial charge in [-0.1, -0.05) is 170 Å². The van der Waals surface area contributed by atoms with Gasteiger partial charge >= 0.3 is 0 Å². The summed E-state index contributed by atoms with van der Waals surface area (Å²) in [6.07, 6.45) is 0. The molecule has 2 bridgehead atoms. The first kappa shape index (κ1) is 30.6. The van der Waals surface area contributed by atoms with Gasteiger partial charge in [0.1, 0.15) is 11.2 Å². The van der Waals surface area contributed by atoms with Gasteiger partial charge in [0.05, 0.1) is 0 Å². The molecule has 3 N–H and O–H groups in total. The molecule has 6 aromatic rings. The Morgan fingerprint density at radius 2 is 0.574 bits per heavy atom. The van der Waals surface area contributed by atoms with Gasteiger partial charge in [0.25, 0.3) is 0 Å². The van der Waals surface area contributed by atoms with Gasteiger partial charge in [0.2, 0.25) is 0 Å². The molecule has 0 fully saturated rings. The van der Waals surface area contributed by atoms with Gasteiger partial charge < -0.3 is 15.3 Å². The highest BCUT2D eigenvalue weighted by Crippen LogP contribution is 2.64. The minimum Gasteiger partial charge on any atom is -0.397 e. The van der Waals surface area contributed by atoms with Crippen LogP contribution in [0.3, 0.4) is 0 Å². The zero-order chi connectivity index (χ0) is 32.4. The van der Waals surface area contributed by atoms with Crippen molar-refractivity contribution in [3.63, 3.8) is 0 Å². The van der Waals surface area contributed by atoms with E-state index in [1.54, 1.807) is 6.92 Å². The van der Waals surface area contributed by atoms with E-state index < -0.39 is 11.2 Å². The first-order valence-corrected chi connectivity index (χ1v) is 16.3. The van der Waals surface area contributed by atoms with E-state index in [0.717, 1.165) is 33.4 Å². The molecule has 0 heterocycles. The first-order chi connectivity index (χ1) is 23.0. The number of rotatable bonds is 6. The Balaban J connectivity index is 0.00000113. The molecule has 3 aliphatic rings. The van der Waals surface area contributed by atoms with Gasteiger partial charge in [-0.2, -0.15) is 0 Å². The summed E-state index contributed by atoms with van der Waals surface area (Å²) in [4.78, 5) is 0. The number of hydrogen-bond acceptors (Lipinski definition) is 3. The zero-order valence-corrected chi connectivity index (χ0v) is 26.4. The molecule has 0 saturated heterocycles. The van der Waals surface area contributed by atoms with Crippen LogP contribution in [0.4, 0.5) is 0 Å². The first-order valence-electron chi connectivity index (χ1n) is 16.3. The number of aliphatic hydroxyl groups is 3. The van der Waals surface area contributed by atoms with Gasteiger partial charge in [0.15, 0.2) is 0 Å². The van der Waals surface area contributed by atoms with Crippen molar-refractivity contribution < 1.29 is 15.3 Å². The molecule has 0 aliphatic heterocycles. The quantitative estimate of drug-likeness (QED) is 0.165. The van der Waals surface area contributed by atoms with E-state index in [4.69, 9.17) is 5.11 Å². The maximum atomic E-state index is 13.6. The van der Waals surface area contributed by atoms with Crippen LogP contribution in [0, 0.1) is 0 Å². The summed E-state index contributed by atoms with van der Waals surface area (Å²) < 4.78 is 0. The summed E-state index contributed by atoms with van der Waals surface area (Å²) in [6.45, 7) is 1.93. The van der Waals surface area contributed by atoms with Crippen LogP contribution < -0.4 is 0 Å². The molecule has 0 radical (unpaired) electrons. The number of aliphatic hydroxyl groups excluding tert-OH is 1. The third-order valence-corrected chi connectivity index (χ3v) is 9.65. The highest BCUT2D eigenvalue weighted by Gasteiger charge is 2.56.